The van der Waals surface area contributed by atoms with Crippen molar-refractivity contribution in [2.24, 2.45) is 0 Å². The molecule has 0 saturated carbocycles. The van der Waals surface area contributed by atoms with E-state index >= 15 is 0 Å². The van der Waals surface area contributed by atoms with Gasteiger partial charge in [0.15, 0.2) is 5.41 Å². The van der Waals surface area contributed by atoms with E-state index in [-0.39, 0.29) is 12.1 Å². The standard InChI is InChI=1S/C11H9F6N/c12-10(13,14)9(11(15,16)17)6-18-5-7-3-1-2-4-8(7)9/h1-4,18H,5-6H2. The molecule has 100 valence electrons. The molecule has 0 amide bonds. The van der Waals surface area contributed by atoms with Crippen molar-refractivity contribution in [3.63, 3.8) is 0 Å². The molecule has 0 aliphatic carbocycles. The lowest BCUT2D eigenvalue weighted by Gasteiger charge is -2.41. The second kappa shape index (κ2) is 3.88. The fourth-order valence-corrected chi connectivity index (χ4v) is 2.24. The van der Waals surface area contributed by atoms with Gasteiger partial charge in [-0.3, -0.25) is 0 Å². The molecule has 1 aromatic rings. The van der Waals surface area contributed by atoms with Crippen molar-refractivity contribution >= 4 is 0 Å². The van der Waals surface area contributed by atoms with E-state index in [9.17, 15) is 26.3 Å². The Kier molecular flexibility index (Phi) is 2.84. The van der Waals surface area contributed by atoms with E-state index in [1.165, 1.54) is 18.2 Å². The lowest BCUT2D eigenvalue weighted by Crippen LogP contribution is -2.61. The van der Waals surface area contributed by atoms with Gasteiger partial charge in [-0.05, 0) is 11.1 Å². The average Bonchev–Trinajstić information content (AvgIpc) is 2.25. The summed E-state index contributed by atoms with van der Waals surface area (Å²) in [6.07, 6.45) is -10.8. The smallest absolute Gasteiger partial charge is 0.311 e. The second-order valence-corrected chi connectivity index (χ2v) is 4.16. The summed E-state index contributed by atoms with van der Waals surface area (Å²) >= 11 is 0. The summed E-state index contributed by atoms with van der Waals surface area (Å²) in [7, 11) is 0. The molecule has 0 unspecified atom stereocenters. The van der Waals surface area contributed by atoms with Crippen molar-refractivity contribution in [2.45, 2.75) is 24.3 Å². The van der Waals surface area contributed by atoms with Crippen LogP contribution in [0.3, 0.4) is 0 Å². The van der Waals surface area contributed by atoms with Crippen LogP contribution in [-0.2, 0) is 12.0 Å². The molecular weight excluding hydrogens is 260 g/mol. The minimum Gasteiger partial charge on any atom is -0.311 e. The predicted molar refractivity (Wildman–Crippen MR) is 51.9 cm³/mol. The third kappa shape index (κ3) is 1.68. The number of nitrogens with one attached hydrogen (secondary N) is 1. The molecule has 1 aliphatic rings. The SMILES string of the molecule is FC(F)(F)C1(C(F)(F)F)CNCc2ccccc21. The number of hydrogen-bond donors (Lipinski definition) is 1. The van der Waals surface area contributed by atoms with Crippen LogP contribution in [0.4, 0.5) is 26.3 Å². The van der Waals surface area contributed by atoms with Gasteiger partial charge in [0.1, 0.15) is 0 Å². The van der Waals surface area contributed by atoms with E-state index in [0.717, 1.165) is 6.07 Å². The van der Waals surface area contributed by atoms with Crippen LogP contribution in [0.5, 0.6) is 0 Å². The van der Waals surface area contributed by atoms with Crippen LogP contribution in [0, 0.1) is 0 Å². The normalized spacial score (nSPS) is 19.4. The van der Waals surface area contributed by atoms with Crippen LogP contribution >= 0.6 is 0 Å². The molecule has 1 aliphatic heterocycles. The first-order valence-corrected chi connectivity index (χ1v) is 5.13. The molecule has 2 rings (SSSR count). The van der Waals surface area contributed by atoms with Crippen molar-refractivity contribution in [2.75, 3.05) is 6.54 Å². The van der Waals surface area contributed by atoms with Crippen LogP contribution in [0.1, 0.15) is 11.1 Å². The average molecular weight is 269 g/mol. The van der Waals surface area contributed by atoms with Crippen LogP contribution in [0.15, 0.2) is 24.3 Å². The van der Waals surface area contributed by atoms with Gasteiger partial charge in [-0.1, -0.05) is 24.3 Å². The third-order valence-corrected chi connectivity index (χ3v) is 3.15. The molecule has 18 heavy (non-hydrogen) atoms. The summed E-state index contributed by atoms with van der Waals surface area (Å²) in [5.41, 5.74) is -4.50. The van der Waals surface area contributed by atoms with E-state index in [4.69, 9.17) is 0 Å². The number of benzene rings is 1. The highest BCUT2D eigenvalue weighted by Crippen LogP contribution is 2.53. The maximum absolute atomic E-state index is 13.0. The Balaban J connectivity index is 2.72. The van der Waals surface area contributed by atoms with Crippen LogP contribution in [-0.4, -0.2) is 18.9 Å². The van der Waals surface area contributed by atoms with Crippen molar-refractivity contribution in [1.82, 2.24) is 5.32 Å². The molecule has 0 fully saturated rings. The Morgan fingerprint density at radius 3 is 2.06 bits per heavy atom. The Morgan fingerprint density at radius 2 is 1.50 bits per heavy atom. The Labute approximate surface area is 98.8 Å². The summed E-state index contributed by atoms with van der Waals surface area (Å²) < 4.78 is 78.1. The second-order valence-electron chi connectivity index (χ2n) is 4.16. The van der Waals surface area contributed by atoms with Gasteiger partial charge >= 0.3 is 12.4 Å². The van der Waals surface area contributed by atoms with Crippen LogP contribution in [0.2, 0.25) is 0 Å². The zero-order valence-electron chi connectivity index (χ0n) is 8.99. The van der Waals surface area contributed by atoms with Crippen LogP contribution in [0.25, 0.3) is 0 Å². The first kappa shape index (κ1) is 13.2. The third-order valence-electron chi connectivity index (χ3n) is 3.15. The highest BCUT2D eigenvalue weighted by atomic mass is 19.4. The monoisotopic (exact) mass is 269 g/mol. The zero-order chi connectivity index (χ0) is 13.6. The van der Waals surface area contributed by atoms with Gasteiger partial charge in [-0.15, -0.1) is 0 Å². The fraction of sp³-hybridized carbons (Fsp3) is 0.455. The minimum absolute atomic E-state index is 0.00405. The number of fused-ring (bicyclic) bond motifs is 1. The van der Waals surface area contributed by atoms with Gasteiger partial charge in [-0.2, -0.15) is 26.3 Å². The molecule has 0 radical (unpaired) electrons. The van der Waals surface area contributed by atoms with E-state index in [0.29, 0.717) is 0 Å². The largest absolute Gasteiger partial charge is 0.408 e. The predicted octanol–water partition coefficient (Wildman–Crippen LogP) is 3.15. The van der Waals surface area contributed by atoms with Crippen LogP contribution < -0.4 is 5.32 Å². The van der Waals surface area contributed by atoms with Crippen molar-refractivity contribution < 1.29 is 26.3 Å². The molecular formula is C11H9F6N. The van der Waals surface area contributed by atoms with E-state index in [2.05, 4.69) is 5.32 Å². The molecule has 1 nitrogen and oxygen atoms in total. The van der Waals surface area contributed by atoms with Gasteiger partial charge in [0.2, 0.25) is 0 Å². The molecule has 0 aromatic heterocycles. The first-order valence-electron chi connectivity index (χ1n) is 5.13. The molecule has 1 heterocycles. The maximum atomic E-state index is 13.0. The summed E-state index contributed by atoms with van der Waals surface area (Å²) in [6, 6.07) is 4.78. The molecule has 0 bridgehead atoms. The fourth-order valence-electron chi connectivity index (χ4n) is 2.24. The Morgan fingerprint density at radius 1 is 0.944 bits per heavy atom. The molecule has 7 heteroatoms. The van der Waals surface area contributed by atoms with E-state index in [1.54, 1.807) is 0 Å². The number of halogens is 6. The first-order chi connectivity index (χ1) is 8.20. The van der Waals surface area contributed by atoms with Crippen molar-refractivity contribution in [3.8, 4) is 0 Å². The Bertz CT molecular complexity index is 434. The minimum atomic E-state index is -5.39. The number of hydrogen-bond acceptors (Lipinski definition) is 1. The number of rotatable bonds is 0. The summed E-state index contributed by atoms with van der Waals surface area (Å²) in [5, 5.41) is 2.20. The topological polar surface area (TPSA) is 12.0 Å². The van der Waals surface area contributed by atoms with Gasteiger partial charge < -0.3 is 5.32 Å². The van der Waals surface area contributed by atoms with Gasteiger partial charge in [-0.25, -0.2) is 0 Å². The van der Waals surface area contributed by atoms with E-state index < -0.39 is 29.9 Å². The quantitative estimate of drug-likeness (QED) is 0.713. The molecule has 0 saturated heterocycles. The highest BCUT2D eigenvalue weighted by Gasteiger charge is 2.72. The lowest BCUT2D eigenvalue weighted by molar-refractivity contribution is -0.303. The summed E-state index contributed by atoms with van der Waals surface area (Å²) in [5.74, 6) is 0. The van der Waals surface area contributed by atoms with Gasteiger partial charge in [0.25, 0.3) is 0 Å². The maximum Gasteiger partial charge on any atom is 0.408 e. The van der Waals surface area contributed by atoms with Crippen molar-refractivity contribution in [1.29, 1.82) is 0 Å². The number of alkyl halides is 6. The zero-order valence-corrected chi connectivity index (χ0v) is 8.99. The van der Waals surface area contributed by atoms with Gasteiger partial charge in [0, 0.05) is 13.1 Å². The molecule has 1 N–H and O–H groups in total. The molecule has 0 spiro atoms. The lowest BCUT2D eigenvalue weighted by atomic mass is 9.74. The summed E-state index contributed by atoms with van der Waals surface area (Å²) in [4.78, 5) is 0. The van der Waals surface area contributed by atoms with E-state index in [1.807, 2.05) is 0 Å². The van der Waals surface area contributed by atoms with Gasteiger partial charge in [0.05, 0.1) is 0 Å². The van der Waals surface area contributed by atoms with Crippen molar-refractivity contribution in [3.05, 3.63) is 35.4 Å². The molecule has 1 aromatic carbocycles. The summed E-state index contributed by atoms with van der Waals surface area (Å²) in [6.45, 7) is -1.18. The highest BCUT2D eigenvalue weighted by molar-refractivity contribution is 5.40. The Hall–Kier alpha value is -1.24. The molecule has 0 atom stereocenters.